The number of benzene rings is 2. The molecule has 0 spiro atoms. The Bertz CT molecular complexity index is 668. The number of ether oxygens (including phenoxy) is 2. The van der Waals surface area contributed by atoms with Crippen molar-refractivity contribution in [2.45, 2.75) is 26.5 Å². The molecular formula is C18H20ClNO3. The zero-order valence-electron chi connectivity index (χ0n) is 13.4. The van der Waals surface area contributed by atoms with Crippen LogP contribution in [-0.2, 0) is 6.54 Å². The van der Waals surface area contributed by atoms with Crippen LogP contribution >= 0.6 is 11.6 Å². The first-order valence-electron chi connectivity index (χ1n) is 7.37. The second-order valence-corrected chi connectivity index (χ2v) is 5.77. The number of halogens is 1. The summed E-state index contributed by atoms with van der Waals surface area (Å²) in [4.78, 5) is 12.3. The van der Waals surface area contributed by atoms with E-state index in [4.69, 9.17) is 21.1 Å². The summed E-state index contributed by atoms with van der Waals surface area (Å²) < 4.78 is 10.8. The molecule has 5 heteroatoms. The number of hydrogen-bond donors (Lipinski definition) is 1. The number of nitrogens with one attached hydrogen (secondary N) is 1. The number of rotatable bonds is 6. The van der Waals surface area contributed by atoms with Gasteiger partial charge in [-0.15, -0.1) is 0 Å². The van der Waals surface area contributed by atoms with Gasteiger partial charge in [0.05, 0.1) is 18.8 Å². The first-order chi connectivity index (χ1) is 11.0. The molecule has 2 aromatic carbocycles. The first kappa shape index (κ1) is 17.2. The third kappa shape index (κ3) is 4.89. The average Bonchev–Trinajstić information content (AvgIpc) is 2.53. The number of amides is 1. The Hall–Kier alpha value is -2.20. The minimum Gasteiger partial charge on any atom is -0.496 e. The second-order valence-electron chi connectivity index (χ2n) is 5.34. The van der Waals surface area contributed by atoms with Gasteiger partial charge in [0, 0.05) is 11.6 Å². The molecule has 0 heterocycles. The van der Waals surface area contributed by atoms with Crippen molar-refractivity contribution in [3.8, 4) is 11.5 Å². The summed E-state index contributed by atoms with van der Waals surface area (Å²) in [7, 11) is 1.52. The van der Waals surface area contributed by atoms with E-state index in [1.165, 1.54) is 7.11 Å². The van der Waals surface area contributed by atoms with E-state index in [0.29, 0.717) is 22.9 Å². The molecular weight excluding hydrogens is 314 g/mol. The smallest absolute Gasteiger partial charge is 0.255 e. The third-order valence-electron chi connectivity index (χ3n) is 3.15. The van der Waals surface area contributed by atoms with E-state index in [9.17, 15) is 4.79 Å². The summed E-state index contributed by atoms with van der Waals surface area (Å²) in [6.45, 7) is 4.37. The molecule has 0 aliphatic carbocycles. The van der Waals surface area contributed by atoms with E-state index < -0.39 is 0 Å². The molecule has 0 unspecified atom stereocenters. The number of methoxy groups -OCH3 is 1. The van der Waals surface area contributed by atoms with Crippen molar-refractivity contribution >= 4 is 17.5 Å². The predicted molar refractivity (Wildman–Crippen MR) is 91.4 cm³/mol. The monoisotopic (exact) mass is 333 g/mol. The summed E-state index contributed by atoms with van der Waals surface area (Å²) >= 11 is 5.94. The van der Waals surface area contributed by atoms with E-state index in [1.807, 2.05) is 38.1 Å². The summed E-state index contributed by atoms with van der Waals surface area (Å²) in [5, 5.41) is 3.35. The summed E-state index contributed by atoms with van der Waals surface area (Å²) in [6.07, 6.45) is 0.135. The predicted octanol–water partition coefficient (Wildman–Crippen LogP) is 4.07. The van der Waals surface area contributed by atoms with Gasteiger partial charge in [0.1, 0.15) is 11.5 Å². The topological polar surface area (TPSA) is 47.6 Å². The first-order valence-corrected chi connectivity index (χ1v) is 7.74. The van der Waals surface area contributed by atoms with Crippen molar-refractivity contribution in [3.63, 3.8) is 0 Å². The van der Waals surface area contributed by atoms with Crippen LogP contribution in [0.15, 0.2) is 42.5 Å². The highest BCUT2D eigenvalue weighted by Gasteiger charge is 2.12. The average molecular weight is 334 g/mol. The van der Waals surface area contributed by atoms with Gasteiger partial charge in [-0.2, -0.15) is 0 Å². The van der Waals surface area contributed by atoms with Crippen LogP contribution in [-0.4, -0.2) is 19.1 Å². The van der Waals surface area contributed by atoms with Crippen LogP contribution in [0.1, 0.15) is 29.8 Å². The molecule has 0 aliphatic rings. The van der Waals surface area contributed by atoms with Crippen molar-refractivity contribution in [1.82, 2.24) is 5.32 Å². The van der Waals surface area contributed by atoms with E-state index >= 15 is 0 Å². The molecule has 1 N–H and O–H groups in total. The summed E-state index contributed by atoms with van der Waals surface area (Å²) in [6, 6.07) is 12.6. The molecule has 0 radical (unpaired) electrons. The molecule has 23 heavy (non-hydrogen) atoms. The number of carbonyl (C=O) groups excluding carboxylic acids is 1. The maximum atomic E-state index is 12.3. The highest BCUT2D eigenvalue weighted by molar-refractivity contribution is 6.31. The summed E-state index contributed by atoms with van der Waals surface area (Å²) in [5.41, 5.74) is 1.40. The SMILES string of the molecule is COc1ccc(Cl)cc1C(=O)NCc1ccc(OC(C)C)cc1. The van der Waals surface area contributed by atoms with Gasteiger partial charge >= 0.3 is 0 Å². The number of carbonyl (C=O) groups is 1. The lowest BCUT2D eigenvalue weighted by Crippen LogP contribution is -2.23. The Morgan fingerprint density at radius 2 is 1.87 bits per heavy atom. The largest absolute Gasteiger partial charge is 0.496 e. The van der Waals surface area contributed by atoms with Crippen LogP contribution in [0.25, 0.3) is 0 Å². The lowest BCUT2D eigenvalue weighted by Gasteiger charge is -2.11. The molecule has 0 aromatic heterocycles. The second kappa shape index (κ2) is 7.88. The van der Waals surface area contributed by atoms with E-state index in [-0.39, 0.29) is 12.0 Å². The minimum absolute atomic E-state index is 0.135. The molecule has 0 fully saturated rings. The Morgan fingerprint density at radius 1 is 1.17 bits per heavy atom. The van der Waals surface area contributed by atoms with Gasteiger partial charge in [-0.05, 0) is 49.7 Å². The van der Waals surface area contributed by atoms with Gasteiger partial charge in [-0.3, -0.25) is 4.79 Å². The Kier molecular flexibility index (Phi) is 5.88. The van der Waals surface area contributed by atoms with Gasteiger partial charge in [0.2, 0.25) is 0 Å². The van der Waals surface area contributed by atoms with Gasteiger partial charge < -0.3 is 14.8 Å². The van der Waals surface area contributed by atoms with Crippen LogP contribution in [0.4, 0.5) is 0 Å². The highest BCUT2D eigenvalue weighted by Crippen LogP contribution is 2.22. The highest BCUT2D eigenvalue weighted by atomic mass is 35.5. The van der Waals surface area contributed by atoms with E-state index in [2.05, 4.69) is 5.32 Å². The maximum Gasteiger partial charge on any atom is 0.255 e. The van der Waals surface area contributed by atoms with Gasteiger partial charge in [-0.1, -0.05) is 23.7 Å². The normalized spacial score (nSPS) is 10.5. The van der Waals surface area contributed by atoms with Crippen molar-refractivity contribution in [1.29, 1.82) is 0 Å². The Morgan fingerprint density at radius 3 is 2.48 bits per heavy atom. The Balaban J connectivity index is 2.00. The molecule has 0 atom stereocenters. The molecule has 2 rings (SSSR count). The molecule has 4 nitrogen and oxygen atoms in total. The van der Waals surface area contributed by atoms with Gasteiger partial charge in [0.25, 0.3) is 5.91 Å². The minimum atomic E-state index is -0.230. The Labute approximate surface area is 141 Å². The van der Waals surface area contributed by atoms with Crippen LogP contribution in [0, 0.1) is 0 Å². The summed E-state index contributed by atoms with van der Waals surface area (Å²) in [5.74, 6) is 1.08. The van der Waals surface area contributed by atoms with Gasteiger partial charge in [-0.25, -0.2) is 0 Å². The quantitative estimate of drug-likeness (QED) is 0.867. The fourth-order valence-electron chi connectivity index (χ4n) is 2.09. The number of hydrogen-bond acceptors (Lipinski definition) is 3. The van der Waals surface area contributed by atoms with Crippen LogP contribution in [0.2, 0.25) is 5.02 Å². The molecule has 0 aliphatic heterocycles. The van der Waals surface area contributed by atoms with E-state index in [1.54, 1.807) is 18.2 Å². The molecule has 0 saturated carbocycles. The van der Waals surface area contributed by atoms with E-state index in [0.717, 1.165) is 11.3 Å². The van der Waals surface area contributed by atoms with Crippen LogP contribution < -0.4 is 14.8 Å². The standard InChI is InChI=1S/C18H20ClNO3/c1-12(2)23-15-7-4-13(5-8-15)11-20-18(21)16-10-14(19)6-9-17(16)22-3/h4-10,12H,11H2,1-3H3,(H,20,21). The molecule has 0 saturated heterocycles. The van der Waals surface area contributed by atoms with Crippen molar-refractivity contribution in [3.05, 3.63) is 58.6 Å². The van der Waals surface area contributed by atoms with Gasteiger partial charge in [0.15, 0.2) is 0 Å². The maximum absolute atomic E-state index is 12.3. The lowest BCUT2D eigenvalue weighted by atomic mass is 10.1. The fraction of sp³-hybridized carbons (Fsp3) is 0.278. The van der Waals surface area contributed by atoms with Crippen molar-refractivity contribution < 1.29 is 14.3 Å². The molecule has 1 amide bonds. The zero-order valence-corrected chi connectivity index (χ0v) is 14.2. The van der Waals surface area contributed by atoms with Crippen LogP contribution in [0.3, 0.4) is 0 Å². The lowest BCUT2D eigenvalue weighted by molar-refractivity contribution is 0.0948. The zero-order chi connectivity index (χ0) is 16.8. The van der Waals surface area contributed by atoms with Crippen molar-refractivity contribution in [2.75, 3.05) is 7.11 Å². The fourth-order valence-corrected chi connectivity index (χ4v) is 2.27. The third-order valence-corrected chi connectivity index (χ3v) is 3.39. The molecule has 0 bridgehead atoms. The molecule has 122 valence electrons. The van der Waals surface area contributed by atoms with Crippen LogP contribution in [0.5, 0.6) is 11.5 Å². The van der Waals surface area contributed by atoms with Crippen molar-refractivity contribution in [2.24, 2.45) is 0 Å². The molecule has 2 aromatic rings.